The average molecular weight is 325 g/mol. The summed E-state index contributed by atoms with van der Waals surface area (Å²) in [5.74, 6) is 0.656. The first-order chi connectivity index (χ1) is 11.7. The molecule has 0 bridgehead atoms. The molecule has 3 aromatic rings. The standard InChI is InChI=1S/C17H19N5O2/c18-16-15-14(10-1-3-13(24)4-2-10)7-22(17(15)21-9-20-16)12-5-11(8-23)19-6-12/h1-4,7,9,11-12,19,23-24H,5-6,8H2,(H2,18,20,21)/t11-,12+/m1/s1. The number of nitrogens with zero attached hydrogens (tertiary/aromatic N) is 3. The van der Waals surface area contributed by atoms with Crippen LogP contribution in [0.15, 0.2) is 36.8 Å². The molecule has 0 spiro atoms. The molecule has 0 radical (unpaired) electrons. The number of phenols is 1. The largest absolute Gasteiger partial charge is 0.508 e. The first kappa shape index (κ1) is 14.9. The Morgan fingerprint density at radius 3 is 2.75 bits per heavy atom. The molecule has 1 aliphatic rings. The van der Waals surface area contributed by atoms with Crippen LogP contribution in [-0.2, 0) is 0 Å². The Kier molecular flexibility index (Phi) is 3.59. The molecule has 4 rings (SSSR count). The van der Waals surface area contributed by atoms with E-state index in [2.05, 4.69) is 19.9 Å². The maximum Gasteiger partial charge on any atom is 0.146 e. The fourth-order valence-electron chi connectivity index (χ4n) is 3.40. The van der Waals surface area contributed by atoms with Crippen molar-refractivity contribution >= 4 is 16.9 Å². The number of phenolic OH excluding ortho intramolecular Hbond substituents is 1. The number of benzene rings is 1. The molecule has 2 atom stereocenters. The minimum absolute atomic E-state index is 0.101. The molecule has 0 aliphatic carbocycles. The molecule has 1 saturated heterocycles. The third-order valence-electron chi connectivity index (χ3n) is 4.63. The van der Waals surface area contributed by atoms with Gasteiger partial charge in [-0.15, -0.1) is 0 Å². The maximum atomic E-state index is 9.52. The number of anilines is 1. The van der Waals surface area contributed by atoms with Crippen molar-refractivity contribution in [2.24, 2.45) is 0 Å². The fourth-order valence-corrected chi connectivity index (χ4v) is 3.40. The van der Waals surface area contributed by atoms with E-state index in [-0.39, 0.29) is 24.4 Å². The van der Waals surface area contributed by atoms with Gasteiger partial charge in [0.2, 0.25) is 0 Å². The van der Waals surface area contributed by atoms with Crippen molar-refractivity contribution in [2.75, 3.05) is 18.9 Å². The highest BCUT2D eigenvalue weighted by atomic mass is 16.3. The zero-order valence-electron chi connectivity index (χ0n) is 13.1. The van der Waals surface area contributed by atoms with Gasteiger partial charge in [0.1, 0.15) is 23.5 Å². The molecule has 24 heavy (non-hydrogen) atoms. The minimum Gasteiger partial charge on any atom is -0.508 e. The van der Waals surface area contributed by atoms with Crippen LogP contribution >= 0.6 is 0 Å². The third-order valence-corrected chi connectivity index (χ3v) is 4.63. The van der Waals surface area contributed by atoms with E-state index >= 15 is 0 Å². The molecule has 5 N–H and O–H groups in total. The van der Waals surface area contributed by atoms with Crippen LogP contribution < -0.4 is 11.1 Å². The van der Waals surface area contributed by atoms with E-state index in [0.29, 0.717) is 5.82 Å². The van der Waals surface area contributed by atoms with Gasteiger partial charge in [0, 0.05) is 30.4 Å². The number of hydrogen-bond donors (Lipinski definition) is 4. The molecule has 1 aliphatic heterocycles. The minimum atomic E-state index is 0.101. The monoisotopic (exact) mass is 325 g/mol. The van der Waals surface area contributed by atoms with Crippen LogP contribution in [0, 0.1) is 0 Å². The number of rotatable bonds is 3. The number of aliphatic hydroxyl groups excluding tert-OH is 1. The molecule has 3 heterocycles. The second-order valence-electron chi connectivity index (χ2n) is 6.13. The number of nitrogens with one attached hydrogen (secondary N) is 1. The Bertz CT molecular complexity index is 875. The number of aromatic nitrogens is 3. The van der Waals surface area contributed by atoms with E-state index in [1.165, 1.54) is 6.33 Å². The molecule has 1 aromatic carbocycles. The van der Waals surface area contributed by atoms with E-state index in [0.717, 1.165) is 35.1 Å². The Hall–Kier alpha value is -2.64. The molecule has 2 aromatic heterocycles. The lowest BCUT2D eigenvalue weighted by Crippen LogP contribution is -2.24. The lowest BCUT2D eigenvalue weighted by atomic mass is 10.1. The summed E-state index contributed by atoms with van der Waals surface area (Å²) in [7, 11) is 0. The summed E-state index contributed by atoms with van der Waals surface area (Å²) in [6, 6.07) is 7.30. The molecule has 7 heteroatoms. The van der Waals surface area contributed by atoms with Gasteiger partial charge >= 0.3 is 0 Å². The Morgan fingerprint density at radius 2 is 2.04 bits per heavy atom. The first-order valence-electron chi connectivity index (χ1n) is 7.92. The number of fused-ring (bicyclic) bond motifs is 1. The first-order valence-corrected chi connectivity index (χ1v) is 7.92. The van der Waals surface area contributed by atoms with E-state index in [1.807, 2.05) is 18.3 Å². The predicted octanol–water partition coefficient (Wildman–Crippen LogP) is 1.28. The van der Waals surface area contributed by atoms with Gasteiger partial charge in [-0.3, -0.25) is 0 Å². The highest BCUT2D eigenvalue weighted by Gasteiger charge is 2.27. The molecular weight excluding hydrogens is 306 g/mol. The summed E-state index contributed by atoms with van der Waals surface area (Å²) >= 11 is 0. The zero-order chi connectivity index (χ0) is 16.7. The summed E-state index contributed by atoms with van der Waals surface area (Å²) in [4.78, 5) is 8.56. The topological polar surface area (TPSA) is 109 Å². The number of aromatic hydroxyl groups is 1. The van der Waals surface area contributed by atoms with Crippen molar-refractivity contribution in [3.63, 3.8) is 0 Å². The second kappa shape index (κ2) is 5.77. The lowest BCUT2D eigenvalue weighted by Gasteiger charge is -2.12. The lowest BCUT2D eigenvalue weighted by molar-refractivity contribution is 0.253. The van der Waals surface area contributed by atoms with Crippen LogP contribution in [-0.4, -0.2) is 43.9 Å². The van der Waals surface area contributed by atoms with E-state index in [1.54, 1.807) is 12.1 Å². The summed E-state index contributed by atoms with van der Waals surface area (Å²) in [5, 5.41) is 23.0. The Labute approximate surface area is 138 Å². The Morgan fingerprint density at radius 1 is 1.25 bits per heavy atom. The number of aliphatic hydroxyl groups is 1. The van der Waals surface area contributed by atoms with Gasteiger partial charge in [-0.2, -0.15) is 0 Å². The SMILES string of the molecule is Nc1ncnc2c1c(-c1ccc(O)cc1)cn2[C@@H]1CN[C@@H](CO)C1. The number of hydrogen-bond acceptors (Lipinski definition) is 6. The van der Waals surface area contributed by atoms with Gasteiger partial charge in [-0.1, -0.05) is 12.1 Å². The Balaban J connectivity index is 1.87. The average Bonchev–Trinajstić information content (AvgIpc) is 3.20. The molecule has 1 fully saturated rings. The van der Waals surface area contributed by atoms with Gasteiger partial charge in [0.05, 0.1) is 12.0 Å². The van der Waals surface area contributed by atoms with Gasteiger partial charge in [-0.05, 0) is 24.1 Å². The van der Waals surface area contributed by atoms with Crippen molar-refractivity contribution in [3.05, 3.63) is 36.8 Å². The summed E-state index contributed by atoms with van der Waals surface area (Å²) < 4.78 is 2.11. The third kappa shape index (κ3) is 2.38. The van der Waals surface area contributed by atoms with Gasteiger partial charge in [0.25, 0.3) is 0 Å². The van der Waals surface area contributed by atoms with Crippen LogP contribution in [0.1, 0.15) is 12.5 Å². The summed E-state index contributed by atoms with van der Waals surface area (Å²) in [6.45, 7) is 0.894. The second-order valence-corrected chi connectivity index (χ2v) is 6.13. The molecule has 7 nitrogen and oxygen atoms in total. The van der Waals surface area contributed by atoms with E-state index in [4.69, 9.17) is 5.73 Å². The number of nitrogens with two attached hydrogens (primary N) is 1. The van der Waals surface area contributed by atoms with Crippen LogP contribution in [0.3, 0.4) is 0 Å². The highest BCUT2D eigenvalue weighted by Crippen LogP contribution is 2.36. The predicted molar refractivity (Wildman–Crippen MR) is 91.6 cm³/mol. The molecular formula is C17H19N5O2. The van der Waals surface area contributed by atoms with Gasteiger partial charge < -0.3 is 25.8 Å². The maximum absolute atomic E-state index is 9.52. The normalized spacial score (nSPS) is 20.7. The quantitative estimate of drug-likeness (QED) is 0.577. The van der Waals surface area contributed by atoms with Crippen molar-refractivity contribution < 1.29 is 10.2 Å². The molecule has 0 saturated carbocycles. The molecule has 0 amide bonds. The van der Waals surface area contributed by atoms with Gasteiger partial charge in [0.15, 0.2) is 0 Å². The van der Waals surface area contributed by atoms with Crippen LogP contribution in [0.25, 0.3) is 22.2 Å². The number of nitrogen functional groups attached to an aromatic ring is 1. The summed E-state index contributed by atoms with van der Waals surface area (Å²) in [6.07, 6.45) is 4.34. The zero-order valence-corrected chi connectivity index (χ0v) is 13.1. The smallest absolute Gasteiger partial charge is 0.146 e. The molecule has 0 unspecified atom stereocenters. The van der Waals surface area contributed by atoms with E-state index in [9.17, 15) is 10.2 Å². The van der Waals surface area contributed by atoms with Crippen molar-refractivity contribution in [2.45, 2.75) is 18.5 Å². The van der Waals surface area contributed by atoms with Crippen molar-refractivity contribution in [3.8, 4) is 16.9 Å². The van der Waals surface area contributed by atoms with E-state index < -0.39 is 0 Å². The summed E-state index contributed by atoms with van der Waals surface area (Å²) in [5.41, 5.74) is 8.80. The van der Waals surface area contributed by atoms with Crippen molar-refractivity contribution in [1.82, 2.24) is 19.9 Å². The fraction of sp³-hybridized carbons (Fsp3) is 0.294. The van der Waals surface area contributed by atoms with Gasteiger partial charge in [-0.25, -0.2) is 9.97 Å². The van der Waals surface area contributed by atoms with Crippen molar-refractivity contribution in [1.29, 1.82) is 0 Å². The molecule has 124 valence electrons. The van der Waals surface area contributed by atoms with Crippen LogP contribution in [0.4, 0.5) is 5.82 Å². The van der Waals surface area contributed by atoms with Crippen LogP contribution in [0.2, 0.25) is 0 Å². The van der Waals surface area contributed by atoms with Crippen LogP contribution in [0.5, 0.6) is 5.75 Å². The highest BCUT2D eigenvalue weighted by molar-refractivity contribution is 6.00.